The summed E-state index contributed by atoms with van der Waals surface area (Å²) in [5.41, 5.74) is 11.5. The van der Waals surface area contributed by atoms with Gasteiger partial charge >= 0.3 is 0 Å². The van der Waals surface area contributed by atoms with E-state index < -0.39 is 0 Å². The summed E-state index contributed by atoms with van der Waals surface area (Å²) in [6, 6.07) is 58.9. The molecule has 6 rings (SSSR count). The largest absolute Gasteiger partial charge is 0.310 e. The lowest BCUT2D eigenvalue weighted by Gasteiger charge is -2.31. The van der Waals surface area contributed by atoms with E-state index in [4.69, 9.17) is 0 Å². The maximum Gasteiger partial charge on any atom is 0.0497 e. The summed E-state index contributed by atoms with van der Waals surface area (Å²) in [6.45, 7) is 0. The molecule has 6 aromatic carbocycles. The summed E-state index contributed by atoms with van der Waals surface area (Å²) in [7, 11) is 0. The lowest BCUT2D eigenvalue weighted by atomic mass is 9.97. The van der Waals surface area contributed by atoms with Gasteiger partial charge in [0.05, 0.1) is 0 Å². The average molecular weight is 516 g/mol. The van der Waals surface area contributed by atoms with Crippen LogP contribution in [0, 0.1) is 0 Å². The van der Waals surface area contributed by atoms with Crippen molar-refractivity contribution in [3.8, 4) is 0 Å². The minimum absolute atomic E-state index is 0.870. The van der Waals surface area contributed by atoms with E-state index in [1.165, 1.54) is 50.4 Å². The Balaban J connectivity index is 1.52. The molecule has 0 aliphatic rings. The average Bonchev–Trinajstić information content (AvgIpc) is 3.01. The van der Waals surface area contributed by atoms with Crippen molar-refractivity contribution in [3.63, 3.8) is 0 Å². The smallest absolute Gasteiger partial charge is 0.0497 e. The van der Waals surface area contributed by atoms with Crippen molar-refractivity contribution >= 4 is 17.1 Å². The maximum atomic E-state index is 2.49. The van der Waals surface area contributed by atoms with Crippen LogP contribution >= 0.6 is 0 Å². The third-order valence-electron chi connectivity index (χ3n) is 7.41. The van der Waals surface area contributed by atoms with Crippen molar-refractivity contribution in [1.82, 2.24) is 0 Å². The minimum Gasteiger partial charge on any atom is -0.310 e. The molecule has 40 heavy (non-hydrogen) atoms. The molecule has 0 aliphatic carbocycles. The molecule has 0 fully saturated rings. The molecule has 0 N–H and O–H groups in total. The van der Waals surface area contributed by atoms with Crippen molar-refractivity contribution in [2.75, 3.05) is 4.90 Å². The highest BCUT2D eigenvalue weighted by molar-refractivity contribution is 5.82. The monoisotopic (exact) mass is 515 g/mol. The van der Waals surface area contributed by atoms with E-state index in [2.05, 4.69) is 169 Å². The molecule has 0 unspecified atom stereocenters. The van der Waals surface area contributed by atoms with E-state index in [-0.39, 0.29) is 0 Å². The lowest BCUT2D eigenvalue weighted by Crippen LogP contribution is -2.16. The predicted octanol–water partition coefficient (Wildman–Crippen LogP) is 9.93. The molecule has 0 heterocycles. The highest BCUT2D eigenvalue weighted by Crippen LogP contribution is 2.41. The molecular formula is C39H33N. The molecule has 6 aromatic rings. The van der Waals surface area contributed by atoms with Gasteiger partial charge in [0.1, 0.15) is 0 Å². The van der Waals surface area contributed by atoms with Gasteiger partial charge in [-0.3, -0.25) is 0 Å². The first kappa shape index (κ1) is 25.4. The van der Waals surface area contributed by atoms with Crippen molar-refractivity contribution < 1.29 is 0 Å². The predicted molar refractivity (Wildman–Crippen MR) is 169 cm³/mol. The molecule has 0 bridgehead atoms. The summed E-state index contributed by atoms with van der Waals surface area (Å²) in [5, 5.41) is 0. The molecule has 0 atom stereocenters. The number of rotatable bonds is 9. The van der Waals surface area contributed by atoms with Crippen LogP contribution in [0.4, 0.5) is 17.1 Å². The third kappa shape index (κ3) is 5.90. The van der Waals surface area contributed by atoms with E-state index in [0.29, 0.717) is 0 Å². The fourth-order valence-corrected chi connectivity index (χ4v) is 5.47. The second-order valence-electron chi connectivity index (χ2n) is 10.2. The van der Waals surface area contributed by atoms with Gasteiger partial charge in [-0.2, -0.15) is 0 Å². The van der Waals surface area contributed by atoms with Crippen molar-refractivity contribution in [1.29, 1.82) is 0 Å². The first-order valence-corrected chi connectivity index (χ1v) is 14.0. The number of hydrogen-bond acceptors (Lipinski definition) is 1. The van der Waals surface area contributed by atoms with E-state index in [1.54, 1.807) is 0 Å². The van der Waals surface area contributed by atoms with Crippen LogP contribution in [0.1, 0.15) is 33.4 Å². The van der Waals surface area contributed by atoms with E-state index in [1.807, 2.05) is 0 Å². The Hall–Kier alpha value is -4.88. The van der Waals surface area contributed by atoms with E-state index in [9.17, 15) is 0 Å². The van der Waals surface area contributed by atoms with Crippen LogP contribution in [0.25, 0.3) is 0 Å². The zero-order chi connectivity index (χ0) is 27.0. The molecule has 0 amide bonds. The molecule has 0 aromatic heterocycles. The number of para-hydroxylation sites is 3. The molecule has 0 saturated heterocycles. The first-order valence-electron chi connectivity index (χ1n) is 14.0. The van der Waals surface area contributed by atoms with Crippen LogP contribution < -0.4 is 4.90 Å². The number of nitrogens with zero attached hydrogens (tertiary/aromatic N) is 1. The topological polar surface area (TPSA) is 3.24 Å². The zero-order valence-corrected chi connectivity index (χ0v) is 22.7. The Morgan fingerprint density at radius 1 is 0.275 bits per heavy atom. The molecule has 0 radical (unpaired) electrons. The van der Waals surface area contributed by atoms with E-state index in [0.717, 1.165) is 19.3 Å². The summed E-state index contributed by atoms with van der Waals surface area (Å²) >= 11 is 0. The number of benzene rings is 6. The second-order valence-corrected chi connectivity index (χ2v) is 10.2. The number of hydrogen-bond donors (Lipinski definition) is 0. The summed E-state index contributed by atoms with van der Waals surface area (Å²) in [5.74, 6) is 0. The van der Waals surface area contributed by atoms with Crippen molar-refractivity contribution in [3.05, 3.63) is 197 Å². The summed E-state index contributed by atoms with van der Waals surface area (Å²) in [4.78, 5) is 2.49. The third-order valence-corrected chi connectivity index (χ3v) is 7.41. The molecule has 0 aliphatic heterocycles. The fourth-order valence-electron chi connectivity index (χ4n) is 5.47. The Kier molecular flexibility index (Phi) is 7.82. The Morgan fingerprint density at radius 2 is 0.525 bits per heavy atom. The van der Waals surface area contributed by atoms with Gasteiger partial charge in [0.15, 0.2) is 0 Å². The molecular weight excluding hydrogens is 482 g/mol. The van der Waals surface area contributed by atoms with Gasteiger partial charge < -0.3 is 4.90 Å². The quantitative estimate of drug-likeness (QED) is 0.185. The summed E-state index contributed by atoms with van der Waals surface area (Å²) in [6.07, 6.45) is 2.61. The molecule has 194 valence electrons. The van der Waals surface area contributed by atoms with E-state index >= 15 is 0 Å². The molecule has 1 heteroatoms. The van der Waals surface area contributed by atoms with Gasteiger partial charge in [-0.15, -0.1) is 0 Å². The van der Waals surface area contributed by atoms with Crippen LogP contribution in [0.3, 0.4) is 0 Å². The van der Waals surface area contributed by atoms with Crippen LogP contribution in [0.15, 0.2) is 164 Å². The minimum atomic E-state index is 0.870. The van der Waals surface area contributed by atoms with Crippen LogP contribution in [0.2, 0.25) is 0 Å². The molecule has 0 saturated carbocycles. The maximum absolute atomic E-state index is 2.49. The zero-order valence-electron chi connectivity index (χ0n) is 22.7. The van der Waals surface area contributed by atoms with Crippen molar-refractivity contribution in [2.24, 2.45) is 0 Å². The van der Waals surface area contributed by atoms with Crippen molar-refractivity contribution in [2.45, 2.75) is 19.3 Å². The normalized spacial score (nSPS) is 10.8. The standard InChI is InChI=1S/C39H33N/c1-4-16-31(17-5-1)28-34-22-10-13-25-37(34)40(38-26-14-11-23-35(38)29-32-18-6-2-7-19-32)39-27-15-12-24-36(39)30-33-20-8-3-9-21-33/h1-27H,28-30H2. The highest BCUT2D eigenvalue weighted by Gasteiger charge is 2.21. The Bertz CT molecular complexity index is 1450. The first-order chi connectivity index (χ1) is 19.8. The molecule has 1 nitrogen and oxygen atoms in total. The number of anilines is 3. The van der Waals surface area contributed by atoms with Gasteiger partial charge in [0, 0.05) is 17.1 Å². The lowest BCUT2D eigenvalue weighted by molar-refractivity contribution is 1.10. The molecule has 0 spiro atoms. The van der Waals surface area contributed by atoms with Crippen LogP contribution in [0.5, 0.6) is 0 Å². The second kappa shape index (κ2) is 12.3. The van der Waals surface area contributed by atoms with Gasteiger partial charge in [-0.25, -0.2) is 0 Å². The van der Waals surface area contributed by atoms with Gasteiger partial charge in [-0.1, -0.05) is 146 Å². The van der Waals surface area contributed by atoms with Crippen LogP contribution in [-0.4, -0.2) is 0 Å². The Labute approximate surface area is 238 Å². The van der Waals surface area contributed by atoms with Gasteiger partial charge in [-0.05, 0) is 70.8 Å². The fraction of sp³-hybridized carbons (Fsp3) is 0.0769. The van der Waals surface area contributed by atoms with Gasteiger partial charge in [0.25, 0.3) is 0 Å². The Morgan fingerprint density at radius 3 is 0.825 bits per heavy atom. The van der Waals surface area contributed by atoms with Crippen LogP contribution in [-0.2, 0) is 19.3 Å². The SMILES string of the molecule is c1ccc(Cc2ccccc2N(c2ccccc2Cc2ccccc2)c2ccccc2Cc2ccccc2)cc1. The summed E-state index contributed by atoms with van der Waals surface area (Å²) < 4.78 is 0. The van der Waals surface area contributed by atoms with Gasteiger partial charge in [0.2, 0.25) is 0 Å². The highest BCUT2D eigenvalue weighted by atomic mass is 15.1.